The minimum Gasteiger partial charge on any atom is -0.342 e. The van der Waals surface area contributed by atoms with Crippen molar-refractivity contribution < 1.29 is 9.18 Å². The number of rotatable bonds is 0. The SMILES string of the molecule is O=C1N[C@@H]2C[C@H](c3c(F)cccc31)n1c2nc2ccc(Cl)cc21. The Hall–Kier alpha value is -2.40. The van der Waals surface area contributed by atoms with Gasteiger partial charge in [-0.2, -0.15) is 0 Å². The Balaban J connectivity index is 1.86. The summed E-state index contributed by atoms with van der Waals surface area (Å²) in [5.41, 5.74) is 2.50. The van der Waals surface area contributed by atoms with Crippen LogP contribution in [0, 0.1) is 5.82 Å². The highest BCUT2D eigenvalue weighted by Crippen LogP contribution is 2.45. The molecule has 2 aliphatic heterocycles. The van der Waals surface area contributed by atoms with Gasteiger partial charge in [-0.05, 0) is 36.8 Å². The quantitative estimate of drug-likeness (QED) is 0.685. The van der Waals surface area contributed by atoms with E-state index in [1.165, 1.54) is 6.07 Å². The van der Waals surface area contributed by atoms with E-state index in [9.17, 15) is 9.18 Å². The lowest BCUT2D eigenvalue weighted by Gasteiger charge is -2.18. The zero-order valence-corrected chi connectivity index (χ0v) is 12.6. The van der Waals surface area contributed by atoms with E-state index < -0.39 is 0 Å². The van der Waals surface area contributed by atoms with Crippen LogP contribution in [0.3, 0.4) is 0 Å². The monoisotopic (exact) mass is 327 g/mol. The number of hydrogen-bond acceptors (Lipinski definition) is 2. The molecule has 3 heterocycles. The van der Waals surface area contributed by atoms with Crippen LogP contribution in [0.1, 0.15) is 40.3 Å². The van der Waals surface area contributed by atoms with E-state index in [0.717, 1.165) is 16.9 Å². The van der Waals surface area contributed by atoms with Gasteiger partial charge in [0.25, 0.3) is 5.91 Å². The summed E-state index contributed by atoms with van der Waals surface area (Å²) in [6.07, 6.45) is 0.602. The molecule has 2 aliphatic rings. The van der Waals surface area contributed by atoms with E-state index in [4.69, 9.17) is 11.6 Å². The molecule has 23 heavy (non-hydrogen) atoms. The molecule has 0 saturated heterocycles. The van der Waals surface area contributed by atoms with Gasteiger partial charge in [-0.25, -0.2) is 9.37 Å². The number of nitrogens with one attached hydrogen (secondary N) is 1. The molecule has 3 aromatic rings. The fourth-order valence-corrected chi connectivity index (χ4v) is 3.94. The van der Waals surface area contributed by atoms with E-state index >= 15 is 0 Å². The van der Waals surface area contributed by atoms with Gasteiger partial charge in [0.15, 0.2) is 0 Å². The van der Waals surface area contributed by atoms with E-state index in [2.05, 4.69) is 10.3 Å². The summed E-state index contributed by atoms with van der Waals surface area (Å²) in [6, 6.07) is 9.63. The molecule has 114 valence electrons. The minimum atomic E-state index is -0.361. The third-order valence-electron chi connectivity index (χ3n) is 4.70. The summed E-state index contributed by atoms with van der Waals surface area (Å²) in [4.78, 5) is 17.0. The molecule has 0 radical (unpaired) electrons. The lowest BCUT2D eigenvalue weighted by atomic mass is 9.98. The second kappa shape index (κ2) is 4.32. The van der Waals surface area contributed by atoms with Crippen LogP contribution in [0.25, 0.3) is 11.0 Å². The number of halogens is 2. The van der Waals surface area contributed by atoms with Gasteiger partial charge >= 0.3 is 0 Å². The predicted octanol–water partition coefficient (Wildman–Crippen LogP) is 3.61. The summed E-state index contributed by atoms with van der Waals surface area (Å²) in [5, 5.41) is 3.57. The number of carbonyl (C=O) groups is 1. The fraction of sp³-hybridized carbons (Fsp3) is 0.176. The number of benzene rings is 2. The third kappa shape index (κ3) is 1.65. The van der Waals surface area contributed by atoms with Gasteiger partial charge in [0.2, 0.25) is 0 Å². The van der Waals surface area contributed by atoms with Crippen molar-refractivity contribution in [1.29, 1.82) is 0 Å². The van der Waals surface area contributed by atoms with Crippen LogP contribution in [0.15, 0.2) is 36.4 Å². The maximum Gasteiger partial charge on any atom is 0.252 e. The van der Waals surface area contributed by atoms with Crippen LogP contribution in [0.2, 0.25) is 5.02 Å². The lowest BCUT2D eigenvalue weighted by Crippen LogP contribution is -2.28. The van der Waals surface area contributed by atoms with Crippen molar-refractivity contribution in [3.8, 4) is 0 Å². The first-order valence-corrected chi connectivity index (χ1v) is 7.78. The van der Waals surface area contributed by atoms with Gasteiger partial charge < -0.3 is 9.88 Å². The Morgan fingerprint density at radius 1 is 1.30 bits per heavy atom. The number of imidazole rings is 1. The molecule has 4 nitrogen and oxygen atoms in total. The molecular weight excluding hydrogens is 317 g/mol. The predicted molar refractivity (Wildman–Crippen MR) is 84.1 cm³/mol. The number of nitrogens with zero attached hydrogens (tertiary/aromatic N) is 2. The second-order valence-corrected chi connectivity index (χ2v) is 6.39. The lowest BCUT2D eigenvalue weighted by molar-refractivity contribution is 0.0938. The molecule has 6 heteroatoms. The summed E-state index contributed by atoms with van der Waals surface area (Å²) in [5.74, 6) is 0.151. The molecule has 2 bridgehead atoms. The highest BCUT2D eigenvalue weighted by molar-refractivity contribution is 6.31. The Kier molecular flexibility index (Phi) is 2.46. The molecule has 1 amide bonds. The molecular formula is C17H11ClFN3O. The second-order valence-electron chi connectivity index (χ2n) is 5.95. The van der Waals surface area contributed by atoms with E-state index in [1.54, 1.807) is 18.2 Å². The number of hydrogen-bond donors (Lipinski definition) is 1. The Morgan fingerprint density at radius 2 is 2.17 bits per heavy atom. The van der Waals surface area contributed by atoms with Crippen LogP contribution in [-0.4, -0.2) is 15.5 Å². The number of fused-ring (bicyclic) bond motifs is 9. The highest BCUT2D eigenvalue weighted by Gasteiger charge is 2.41. The van der Waals surface area contributed by atoms with Gasteiger partial charge in [-0.3, -0.25) is 4.79 Å². The van der Waals surface area contributed by atoms with Crippen LogP contribution >= 0.6 is 11.6 Å². The van der Waals surface area contributed by atoms with Crippen LogP contribution in [0.5, 0.6) is 0 Å². The van der Waals surface area contributed by atoms with Crippen LogP contribution < -0.4 is 5.32 Å². The summed E-state index contributed by atoms with van der Waals surface area (Å²) in [6.45, 7) is 0. The average molecular weight is 328 g/mol. The van der Waals surface area contributed by atoms with Crippen molar-refractivity contribution in [2.24, 2.45) is 0 Å². The molecule has 1 N–H and O–H groups in total. The zero-order chi connectivity index (χ0) is 15.7. The van der Waals surface area contributed by atoms with Gasteiger partial charge in [0.1, 0.15) is 11.6 Å². The standard InChI is InChI=1S/C17H11ClFN3O/c18-8-4-5-11-13(6-8)22-14-7-12(16(22)20-11)21-17(23)9-2-1-3-10(19)15(9)14/h1-6,12,14H,7H2,(H,21,23)/t12-,14-/m1/s1. The smallest absolute Gasteiger partial charge is 0.252 e. The Labute approximate surface area is 135 Å². The first-order valence-electron chi connectivity index (χ1n) is 7.40. The van der Waals surface area contributed by atoms with Crippen molar-refractivity contribution in [1.82, 2.24) is 14.9 Å². The maximum absolute atomic E-state index is 14.5. The van der Waals surface area contributed by atoms with Crippen molar-refractivity contribution in [3.63, 3.8) is 0 Å². The largest absolute Gasteiger partial charge is 0.342 e. The third-order valence-corrected chi connectivity index (χ3v) is 4.93. The topological polar surface area (TPSA) is 46.9 Å². The van der Waals surface area contributed by atoms with Gasteiger partial charge in [-0.1, -0.05) is 17.7 Å². The van der Waals surface area contributed by atoms with Crippen molar-refractivity contribution >= 4 is 28.5 Å². The molecule has 0 fully saturated rings. The van der Waals surface area contributed by atoms with Crippen molar-refractivity contribution in [2.45, 2.75) is 18.5 Å². The summed E-state index contributed by atoms with van der Waals surface area (Å²) in [7, 11) is 0. The molecule has 1 aromatic heterocycles. The maximum atomic E-state index is 14.5. The summed E-state index contributed by atoms with van der Waals surface area (Å²) >= 11 is 6.12. The fourth-order valence-electron chi connectivity index (χ4n) is 3.77. The van der Waals surface area contributed by atoms with Gasteiger partial charge in [0.05, 0.1) is 23.1 Å². The number of carbonyl (C=O) groups excluding carboxylic acids is 1. The molecule has 5 rings (SSSR count). The normalized spacial score (nSPS) is 21.7. The number of amides is 1. The van der Waals surface area contributed by atoms with Crippen molar-refractivity contribution in [3.05, 3.63) is 64.2 Å². The minimum absolute atomic E-state index is 0.217. The van der Waals surface area contributed by atoms with Gasteiger partial charge in [0, 0.05) is 16.1 Å². The van der Waals surface area contributed by atoms with Crippen LogP contribution in [0.4, 0.5) is 4.39 Å². The van der Waals surface area contributed by atoms with Crippen LogP contribution in [-0.2, 0) is 0 Å². The molecule has 0 spiro atoms. The Bertz CT molecular complexity index is 997. The Morgan fingerprint density at radius 3 is 3.04 bits per heavy atom. The number of aromatic nitrogens is 2. The van der Waals surface area contributed by atoms with E-state index in [-0.39, 0.29) is 23.8 Å². The van der Waals surface area contributed by atoms with E-state index in [1.807, 2.05) is 16.7 Å². The van der Waals surface area contributed by atoms with Gasteiger partial charge in [-0.15, -0.1) is 0 Å². The first kappa shape index (κ1) is 13.1. The molecule has 2 atom stereocenters. The molecule has 2 aromatic carbocycles. The zero-order valence-electron chi connectivity index (χ0n) is 11.9. The molecule has 0 saturated carbocycles. The molecule has 0 unspecified atom stereocenters. The molecule has 0 aliphatic carbocycles. The summed E-state index contributed by atoms with van der Waals surface area (Å²) < 4.78 is 16.5. The highest BCUT2D eigenvalue weighted by atomic mass is 35.5. The first-order chi connectivity index (χ1) is 11.1. The van der Waals surface area contributed by atoms with Crippen molar-refractivity contribution in [2.75, 3.05) is 0 Å². The van der Waals surface area contributed by atoms with E-state index in [0.29, 0.717) is 22.6 Å². The average Bonchev–Trinajstić information content (AvgIpc) is 3.00.